The summed E-state index contributed by atoms with van der Waals surface area (Å²) in [6, 6.07) is 3.10. The van der Waals surface area contributed by atoms with Gasteiger partial charge >= 0.3 is 6.18 Å². The summed E-state index contributed by atoms with van der Waals surface area (Å²) < 4.78 is 38.9. The van der Waals surface area contributed by atoms with Gasteiger partial charge in [0.2, 0.25) is 0 Å². The molecule has 2 heterocycles. The lowest BCUT2D eigenvalue weighted by molar-refractivity contribution is -0.138. The molecule has 0 spiro atoms. The normalized spacial score (nSPS) is 10.7. The highest BCUT2D eigenvalue weighted by Gasteiger charge is 2.34. The topological polar surface area (TPSA) is 67.8 Å². The first-order chi connectivity index (χ1) is 11.8. The number of alkyl halides is 3. The van der Waals surface area contributed by atoms with E-state index >= 15 is 0 Å². The third-order valence-corrected chi connectivity index (χ3v) is 3.22. The quantitative estimate of drug-likeness (QED) is 0.914. The largest absolute Gasteiger partial charge is 0.419 e. The Morgan fingerprint density at radius 1 is 1.20 bits per heavy atom. The van der Waals surface area contributed by atoms with Crippen molar-refractivity contribution in [2.24, 2.45) is 0 Å². The molecule has 1 amide bonds. The van der Waals surface area contributed by atoms with Crippen LogP contribution < -0.4 is 5.32 Å². The molecule has 0 radical (unpaired) electrons. The van der Waals surface area contributed by atoms with Crippen LogP contribution in [-0.4, -0.2) is 27.9 Å². The number of aromatic nitrogens is 3. The Balaban J connectivity index is 0.00000151. The van der Waals surface area contributed by atoms with Crippen LogP contribution in [0.5, 0.6) is 0 Å². The highest BCUT2D eigenvalue weighted by molar-refractivity contribution is 5.93. The SMILES string of the molecule is CC.CNC(=O)c1ccnc(CCc2nc(C)ncc2C(F)(F)F)c1. The summed E-state index contributed by atoms with van der Waals surface area (Å²) in [5, 5.41) is 2.48. The van der Waals surface area contributed by atoms with E-state index < -0.39 is 11.7 Å². The first-order valence-corrected chi connectivity index (χ1v) is 7.88. The van der Waals surface area contributed by atoms with E-state index in [0.717, 1.165) is 6.20 Å². The van der Waals surface area contributed by atoms with Gasteiger partial charge in [-0.2, -0.15) is 13.2 Å². The van der Waals surface area contributed by atoms with Crippen LogP contribution in [0.4, 0.5) is 13.2 Å². The number of amides is 1. The maximum atomic E-state index is 13.0. The Kier molecular flexibility index (Phi) is 7.47. The predicted octanol–water partition coefficient (Wildman–Crippen LogP) is 3.37. The second kappa shape index (κ2) is 9.10. The van der Waals surface area contributed by atoms with Crippen LogP contribution in [-0.2, 0) is 19.0 Å². The molecular weight excluding hydrogens is 333 g/mol. The standard InChI is InChI=1S/C15H15F3N4O.C2H6/c1-9-21-8-12(15(16,17)18)13(22-9)4-3-11-7-10(5-6-20-11)14(23)19-2;1-2/h5-8H,3-4H2,1-2H3,(H,19,23);1-2H3. The van der Waals surface area contributed by atoms with Gasteiger partial charge in [0.05, 0.1) is 11.3 Å². The van der Waals surface area contributed by atoms with Crippen molar-refractivity contribution in [2.45, 2.75) is 39.8 Å². The summed E-state index contributed by atoms with van der Waals surface area (Å²) in [5.74, 6) is 0.00239. The van der Waals surface area contributed by atoms with Crippen LogP contribution in [0.15, 0.2) is 24.5 Å². The molecule has 136 valence electrons. The minimum absolute atomic E-state index is 0.0579. The van der Waals surface area contributed by atoms with Gasteiger partial charge in [-0.3, -0.25) is 9.78 Å². The number of pyridine rings is 1. The van der Waals surface area contributed by atoms with Gasteiger partial charge in [-0.1, -0.05) is 13.8 Å². The van der Waals surface area contributed by atoms with Gasteiger partial charge in [-0.25, -0.2) is 9.97 Å². The van der Waals surface area contributed by atoms with Crippen molar-refractivity contribution in [1.29, 1.82) is 0 Å². The molecule has 0 saturated heterocycles. The Bertz CT molecular complexity index is 717. The molecule has 2 aromatic heterocycles. The van der Waals surface area contributed by atoms with E-state index in [4.69, 9.17) is 0 Å². The first kappa shape index (κ1) is 20.5. The average molecular weight is 354 g/mol. The van der Waals surface area contributed by atoms with Gasteiger partial charge in [-0.05, 0) is 31.9 Å². The molecule has 0 aliphatic heterocycles. The third kappa shape index (κ3) is 5.81. The van der Waals surface area contributed by atoms with Crippen molar-refractivity contribution < 1.29 is 18.0 Å². The number of hydrogen-bond acceptors (Lipinski definition) is 4. The second-order valence-corrected chi connectivity index (χ2v) is 4.89. The lowest BCUT2D eigenvalue weighted by Crippen LogP contribution is -2.18. The fourth-order valence-corrected chi connectivity index (χ4v) is 2.09. The lowest BCUT2D eigenvalue weighted by Gasteiger charge is -2.12. The summed E-state index contributed by atoms with van der Waals surface area (Å²) in [5.41, 5.74) is 0.0191. The molecule has 1 N–H and O–H groups in total. The van der Waals surface area contributed by atoms with E-state index in [1.54, 1.807) is 6.07 Å². The molecule has 5 nitrogen and oxygen atoms in total. The molecule has 2 rings (SSSR count). The molecule has 0 fully saturated rings. The Morgan fingerprint density at radius 3 is 2.48 bits per heavy atom. The second-order valence-electron chi connectivity index (χ2n) is 4.89. The maximum Gasteiger partial charge on any atom is 0.419 e. The van der Waals surface area contributed by atoms with E-state index in [1.165, 1.54) is 26.2 Å². The van der Waals surface area contributed by atoms with Crippen molar-refractivity contribution >= 4 is 5.91 Å². The number of nitrogens with one attached hydrogen (secondary N) is 1. The lowest BCUT2D eigenvalue weighted by atomic mass is 10.1. The smallest absolute Gasteiger partial charge is 0.355 e. The highest BCUT2D eigenvalue weighted by Crippen LogP contribution is 2.31. The Labute approximate surface area is 144 Å². The molecule has 8 heteroatoms. The minimum atomic E-state index is -4.50. The number of nitrogens with zero attached hydrogens (tertiary/aromatic N) is 3. The van der Waals surface area contributed by atoms with Gasteiger partial charge < -0.3 is 5.32 Å². The molecule has 0 atom stereocenters. The van der Waals surface area contributed by atoms with Gasteiger partial charge in [0.25, 0.3) is 5.91 Å². The first-order valence-electron chi connectivity index (χ1n) is 7.88. The van der Waals surface area contributed by atoms with Crippen LogP contribution >= 0.6 is 0 Å². The number of aryl methyl sites for hydroxylation is 3. The minimum Gasteiger partial charge on any atom is -0.355 e. The van der Waals surface area contributed by atoms with Crippen LogP contribution in [0.25, 0.3) is 0 Å². The fraction of sp³-hybridized carbons (Fsp3) is 0.412. The molecule has 0 aliphatic rings. The van der Waals surface area contributed by atoms with Crippen LogP contribution in [0.1, 0.15) is 47.0 Å². The summed E-state index contributed by atoms with van der Waals surface area (Å²) in [6.07, 6.45) is -1.95. The molecule has 0 saturated carbocycles. The molecule has 2 aromatic rings. The molecule has 25 heavy (non-hydrogen) atoms. The van der Waals surface area contributed by atoms with E-state index in [0.29, 0.717) is 11.3 Å². The predicted molar refractivity (Wildman–Crippen MR) is 88.2 cm³/mol. The van der Waals surface area contributed by atoms with E-state index in [1.807, 2.05) is 13.8 Å². The zero-order chi connectivity index (χ0) is 19.0. The molecule has 0 bridgehead atoms. The summed E-state index contributed by atoms with van der Waals surface area (Å²) >= 11 is 0. The number of carbonyl (C=O) groups is 1. The van der Waals surface area contributed by atoms with Crippen molar-refractivity contribution in [3.63, 3.8) is 0 Å². The molecule has 0 aromatic carbocycles. The maximum absolute atomic E-state index is 13.0. The van der Waals surface area contributed by atoms with Gasteiger partial charge in [-0.15, -0.1) is 0 Å². The fourth-order valence-electron chi connectivity index (χ4n) is 2.09. The van der Waals surface area contributed by atoms with Gasteiger partial charge in [0, 0.05) is 30.7 Å². The zero-order valence-electron chi connectivity index (χ0n) is 14.6. The number of halogens is 3. The Morgan fingerprint density at radius 2 is 1.88 bits per heavy atom. The molecular formula is C17H21F3N4O. The highest BCUT2D eigenvalue weighted by atomic mass is 19.4. The summed E-state index contributed by atoms with van der Waals surface area (Å²) in [7, 11) is 1.50. The number of rotatable bonds is 4. The number of carbonyl (C=O) groups excluding carboxylic acids is 1. The van der Waals surface area contributed by atoms with Crippen LogP contribution in [0.3, 0.4) is 0 Å². The average Bonchev–Trinajstić information content (AvgIpc) is 2.60. The van der Waals surface area contributed by atoms with Gasteiger partial charge in [0.1, 0.15) is 5.82 Å². The van der Waals surface area contributed by atoms with Crippen molar-refractivity contribution in [3.8, 4) is 0 Å². The Hall–Kier alpha value is -2.51. The summed E-state index contributed by atoms with van der Waals surface area (Å²) in [6.45, 7) is 5.54. The summed E-state index contributed by atoms with van der Waals surface area (Å²) in [4.78, 5) is 23.1. The number of hydrogen-bond donors (Lipinski definition) is 1. The van der Waals surface area contributed by atoms with Crippen molar-refractivity contribution in [3.05, 3.63) is 52.9 Å². The monoisotopic (exact) mass is 354 g/mol. The van der Waals surface area contributed by atoms with E-state index in [9.17, 15) is 18.0 Å². The van der Waals surface area contributed by atoms with E-state index in [-0.39, 0.29) is 30.3 Å². The van der Waals surface area contributed by atoms with Crippen LogP contribution in [0.2, 0.25) is 0 Å². The van der Waals surface area contributed by atoms with Crippen LogP contribution in [0, 0.1) is 6.92 Å². The molecule has 0 unspecified atom stereocenters. The zero-order valence-corrected chi connectivity index (χ0v) is 14.6. The molecule has 0 aliphatic carbocycles. The van der Waals surface area contributed by atoms with E-state index in [2.05, 4.69) is 20.3 Å². The van der Waals surface area contributed by atoms with Crippen molar-refractivity contribution in [1.82, 2.24) is 20.3 Å². The van der Waals surface area contributed by atoms with Gasteiger partial charge in [0.15, 0.2) is 0 Å². The van der Waals surface area contributed by atoms with Crippen molar-refractivity contribution in [2.75, 3.05) is 7.05 Å². The third-order valence-electron chi connectivity index (χ3n) is 3.22.